The van der Waals surface area contributed by atoms with Crippen molar-refractivity contribution in [1.29, 1.82) is 0 Å². The summed E-state index contributed by atoms with van der Waals surface area (Å²) in [5.74, 6) is -0.388. The molecular formula is C27H28BrNO4S. The van der Waals surface area contributed by atoms with Crippen molar-refractivity contribution in [2.75, 3.05) is 6.61 Å². The molecule has 1 amide bonds. The number of hydrogen-bond acceptors (Lipinski definition) is 5. The zero-order chi connectivity index (χ0) is 24.5. The highest BCUT2D eigenvalue weighted by Gasteiger charge is 2.24. The molecule has 0 aliphatic heterocycles. The topological polar surface area (TPSA) is 64.6 Å². The molecule has 2 aromatic carbocycles. The zero-order valence-electron chi connectivity index (χ0n) is 19.8. The molecular weight excluding hydrogens is 514 g/mol. The van der Waals surface area contributed by atoms with Gasteiger partial charge in [-0.15, -0.1) is 11.3 Å². The van der Waals surface area contributed by atoms with Crippen LogP contribution in [0.1, 0.15) is 66.0 Å². The summed E-state index contributed by atoms with van der Waals surface area (Å²) < 4.78 is 12.7. The van der Waals surface area contributed by atoms with Gasteiger partial charge in [0.25, 0.3) is 0 Å². The lowest BCUT2D eigenvalue weighted by Crippen LogP contribution is -2.32. The number of rotatable bonds is 5. The van der Waals surface area contributed by atoms with Crippen LogP contribution in [0.15, 0.2) is 46.9 Å². The smallest absolute Gasteiger partial charge is 0.407 e. The van der Waals surface area contributed by atoms with Crippen molar-refractivity contribution in [1.82, 2.24) is 5.32 Å². The molecule has 1 N–H and O–H groups in total. The lowest BCUT2D eigenvalue weighted by Gasteiger charge is -2.19. The highest BCUT2D eigenvalue weighted by Crippen LogP contribution is 2.41. The normalized spacial score (nSPS) is 13.3. The molecule has 0 bridgehead atoms. The number of ether oxygens (including phenoxy) is 2. The number of hydrogen-bond donors (Lipinski definition) is 1. The number of esters is 1. The largest absolute Gasteiger partial charge is 0.462 e. The minimum atomic E-state index is -0.599. The number of carbonyl (C=O) groups excluding carboxylic acids is 2. The van der Waals surface area contributed by atoms with Gasteiger partial charge in [-0.25, -0.2) is 9.59 Å². The van der Waals surface area contributed by atoms with Crippen molar-refractivity contribution in [2.45, 2.75) is 52.7 Å². The van der Waals surface area contributed by atoms with Gasteiger partial charge < -0.3 is 14.8 Å². The summed E-state index contributed by atoms with van der Waals surface area (Å²) in [6, 6.07) is 12.6. The van der Waals surface area contributed by atoms with Crippen molar-refractivity contribution in [3.8, 4) is 0 Å². The minimum absolute atomic E-state index is 0.181. The van der Waals surface area contributed by atoms with Gasteiger partial charge in [0.1, 0.15) is 5.60 Å². The van der Waals surface area contributed by atoms with E-state index in [-0.39, 0.29) is 19.1 Å². The molecule has 0 unspecified atom stereocenters. The van der Waals surface area contributed by atoms with E-state index < -0.39 is 11.7 Å². The third kappa shape index (κ3) is 5.20. The predicted octanol–water partition coefficient (Wildman–Crippen LogP) is 7.24. The number of alkyl carbamates (subject to hydrolysis) is 1. The van der Waals surface area contributed by atoms with Crippen LogP contribution in [0.25, 0.3) is 15.7 Å². The fourth-order valence-corrected chi connectivity index (χ4v) is 5.99. The molecule has 0 radical (unpaired) electrons. The number of halogens is 1. The van der Waals surface area contributed by atoms with E-state index in [1.807, 2.05) is 26.8 Å². The van der Waals surface area contributed by atoms with E-state index in [9.17, 15) is 9.59 Å². The number of amides is 1. The van der Waals surface area contributed by atoms with Crippen molar-refractivity contribution in [3.05, 3.63) is 74.1 Å². The fourth-order valence-electron chi connectivity index (χ4n) is 4.13. The van der Waals surface area contributed by atoms with E-state index in [1.165, 1.54) is 22.5 Å². The summed E-state index contributed by atoms with van der Waals surface area (Å²) in [4.78, 5) is 26.0. The second-order valence-electron chi connectivity index (χ2n) is 9.12. The van der Waals surface area contributed by atoms with Crippen molar-refractivity contribution < 1.29 is 19.1 Å². The van der Waals surface area contributed by atoms with Gasteiger partial charge in [0.2, 0.25) is 0 Å². The Morgan fingerprint density at radius 1 is 1.15 bits per heavy atom. The first-order valence-electron chi connectivity index (χ1n) is 11.4. The maximum absolute atomic E-state index is 13.0. The SMILES string of the molecule is CCOC(=O)c1c(CNC(=O)OC(C)(C)C)sc2cc(Br)c(C3=CCCc4ccccc43)cc12. The van der Waals surface area contributed by atoms with Gasteiger partial charge in [0.05, 0.1) is 18.7 Å². The first kappa shape index (κ1) is 24.5. The molecule has 3 aromatic rings. The molecule has 34 heavy (non-hydrogen) atoms. The molecule has 0 saturated carbocycles. The van der Waals surface area contributed by atoms with Crippen LogP contribution in [-0.2, 0) is 22.4 Å². The van der Waals surface area contributed by atoms with Crippen LogP contribution in [0, 0.1) is 0 Å². The Hall–Kier alpha value is -2.64. The number of thiophene rings is 1. The third-order valence-corrected chi connectivity index (χ3v) is 7.29. The van der Waals surface area contributed by atoms with Crippen molar-refractivity contribution >= 4 is 55.0 Å². The number of aryl methyl sites for hydroxylation is 1. The van der Waals surface area contributed by atoms with Crippen LogP contribution in [-0.4, -0.2) is 24.3 Å². The van der Waals surface area contributed by atoms with Gasteiger partial charge >= 0.3 is 12.1 Å². The molecule has 0 saturated heterocycles. The minimum Gasteiger partial charge on any atom is -0.462 e. The van der Waals surface area contributed by atoms with Gasteiger partial charge in [0.15, 0.2) is 0 Å². The molecule has 7 heteroatoms. The van der Waals surface area contributed by atoms with E-state index in [0.717, 1.165) is 43.4 Å². The van der Waals surface area contributed by atoms with E-state index in [0.29, 0.717) is 5.56 Å². The summed E-state index contributed by atoms with van der Waals surface area (Å²) >= 11 is 5.23. The third-order valence-electron chi connectivity index (χ3n) is 5.48. The molecule has 1 aliphatic rings. The lowest BCUT2D eigenvalue weighted by atomic mass is 9.86. The van der Waals surface area contributed by atoms with Crippen molar-refractivity contribution in [2.24, 2.45) is 0 Å². The molecule has 1 aliphatic carbocycles. The van der Waals surface area contributed by atoms with Crippen molar-refractivity contribution in [3.63, 3.8) is 0 Å². The summed E-state index contributed by atoms with van der Waals surface area (Å²) in [6.07, 6.45) is 3.73. The van der Waals surface area contributed by atoms with Gasteiger partial charge in [0, 0.05) is 19.4 Å². The van der Waals surface area contributed by atoms with E-state index in [4.69, 9.17) is 9.47 Å². The first-order chi connectivity index (χ1) is 16.2. The van der Waals surface area contributed by atoms with Gasteiger partial charge in [-0.1, -0.05) is 46.3 Å². The number of benzene rings is 2. The van der Waals surface area contributed by atoms with E-state index >= 15 is 0 Å². The second kappa shape index (κ2) is 9.92. The lowest BCUT2D eigenvalue weighted by molar-refractivity contribution is 0.0505. The molecule has 1 heterocycles. The highest BCUT2D eigenvalue weighted by molar-refractivity contribution is 9.10. The summed E-state index contributed by atoms with van der Waals surface area (Å²) in [5, 5.41) is 3.60. The van der Waals surface area contributed by atoms with Crippen LogP contribution in [0.4, 0.5) is 4.79 Å². The Balaban J connectivity index is 1.77. The van der Waals surface area contributed by atoms with Crippen LogP contribution < -0.4 is 5.32 Å². The summed E-state index contributed by atoms with van der Waals surface area (Å²) in [5.41, 5.74) is 4.63. The fraction of sp³-hybridized carbons (Fsp3) is 0.333. The number of fused-ring (bicyclic) bond motifs is 2. The highest BCUT2D eigenvalue weighted by atomic mass is 79.9. The quantitative estimate of drug-likeness (QED) is 0.345. The molecule has 0 spiro atoms. The molecule has 0 atom stereocenters. The van der Waals surface area contributed by atoms with Gasteiger partial charge in [-0.2, -0.15) is 0 Å². The Bertz CT molecular complexity index is 1290. The molecule has 5 nitrogen and oxygen atoms in total. The standard InChI is InChI=1S/C27H28BrNO4S/c1-5-32-25(30)24-20-13-19(18-12-8-10-16-9-6-7-11-17(16)18)21(28)14-22(20)34-23(24)15-29-26(31)33-27(2,3)4/h6-7,9,11-14H,5,8,10,15H2,1-4H3,(H,29,31). The van der Waals surface area contributed by atoms with Crippen LogP contribution in [0.2, 0.25) is 0 Å². The number of carbonyl (C=O) groups is 2. The first-order valence-corrected chi connectivity index (χ1v) is 13.0. The predicted molar refractivity (Wildman–Crippen MR) is 140 cm³/mol. The second-order valence-corrected chi connectivity index (χ2v) is 11.1. The summed E-state index contributed by atoms with van der Waals surface area (Å²) in [6.45, 7) is 7.68. The molecule has 178 valence electrons. The van der Waals surface area contributed by atoms with Gasteiger partial charge in [-0.3, -0.25) is 0 Å². The Kier molecular flexibility index (Phi) is 7.14. The number of allylic oxidation sites excluding steroid dienone is 1. The summed E-state index contributed by atoms with van der Waals surface area (Å²) in [7, 11) is 0. The number of nitrogens with one attached hydrogen (secondary N) is 1. The maximum Gasteiger partial charge on any atom is 0.407 e. The van der Waals surface area contributed by atoms with Crippen LogP contribution >= 0.6 is 27.3 Å². The Labute approximate surface area is 212 Å². The van der Waals surface area contributed by atoms with Crippen LogP contribution in [0.5, 0.6) is 0 Å². The molecule has 4 rings (SSSR count). The maximum atomic E-state index is 13.0. The van der Waals surface area contributed by atoms with Gasteiger partial charge in [-0.05, 0) is 74.9 Å². The Morgan fingerprint density at radius 2 is 1.91 bits per heavy atom. The molecule has 0 fully saturated rings. The van der Waals surface area contributed by atoms with Crippen LogP contribution in [0.3, 0.4) is 0 Å². The zero-order valence-corrected chi connectivity index (χ0v) is 22.2. The average molecular weight is 542 g/mol. The average Bonchev–Trinajstić information content (AvgIpc) is 3.13. The molecule has 1 aromatic heterocycles. The Morgan fingerprint density at radius 3 is 2.65 bits per heavy atom. The monoisotopic (exact) mass is 541 g/mol. The van der Waals surface area contributed by atoms with E-state index in [2.05, 4.69) is 57.7 Å². The van der Waals surface area contributed by atoms with E-state index in [1.54, 1.807) is 6.92 Å².